The highest BCUT2D eigenvalue weighted by Crippen LogP contribution is 2.16. The highest BCUT2D eigenvalue weighted by molar-refractivity contribution is 5.85. The number of ketones is 1. The maximum absolute atomic E-state index is 10.6. The van der Waals surface area contributed by atoms with Crippen LogP contribution in [0.2, 0.25) is 0 Å². The Bertz CT molecular complexity index is 122. The molecule has 1 unspecified atom stereocenters. The predicted octanol–water partition coefficient (Wildman–Crippen LogP) is 1.14. The van der Waals surface area contributed by atoms with Crippen molar-refractivity contribution >= 4 is 5.78 Å². The van der Waals surface area contributed by atoms with Crippen molar-refractivity contribution in [2.75, 3.05) is 0 Å². The molecule has 0 aromatic carbocycles. The predicted molar refractivity (Wildman–Crippen MR) is 27.8 cm³/mol. The van der Waals surface area contributed by atoms with E-state index in [1.165, 1.54) is 0 Å². The molecule has 1 N–H and O–H groups in total. The topological polar surface area (TPSA) is 53.3 Å². The number of nitrogens with one attached hydrogen (secondary N) is 1. The Hall–Kier alpha value is -0.730. The monoisotopic (exact) mass is 112 g/mol. The van der Waals surface area contributed by atoms with Gasteiger partial charge in [-0.3, -0.25) is 4.79 Å². The van der Waals surface area contributed by atoms with Crippen molar-refractivity contribution in [1.29, 1.82) is 5.53 Å². The Labute approximate surface area is 47.6 Å². The molecule has 0 bridgehead atoms. The molecule has 1 saturated carbocycles. The fourth-order valence-electron chi connectivity index (χ4n) is 0.934. The molecule has 1 aliphatic rings. The van der Waals surface area contributed by atoms with Crippen molar-refractivity contribution < 1.29 is 4.79 Å². The van der Waals surface area contributed by atoms with E-state index in [1.54, 1.807) is 0 Å². The summed E-state index contributed by atoms with van der Waals surface area (Å²) >= 11 is 0. The molecule has 0 radical (unpaired) electrons. The molecular weight excluding hydrogens is 104 g/mol. The number of nitrogens with zero attached hydrogens (tertiary/aromatic N) is 1. The Kier molecular flexibility index (Phi) is 1.37. The summed E-state index contributed by atoms with van der Waals surface area (Å²) in [4.78, 5) is 10.6. The van der Waals surface area contributed by atoms with Crippen LogP contribution < -0.4 is 0 Å². The zero-order valence-electron chi connectivity index (χ0n) is 4.55. The minimum Gasteiger partial charge on any atom is -0.297 e. The van der Waals surface area contributed by atoms with Gasteiger partial charge in [-0.15, -0.1) is 0 Å². The van der Waals surface area contributed by atoms with Crippen LogP contribution in [0, 0.1) is 5.53 Å². The molecular formula is C5H8N2O. The molecule has 0 aromatic rings. The molecule has 3 nitrogen and oxygen atoms in total. The van der Waals surface area contributed by atoms with Gasteiger partial charge in [0.15, 0.2) is 5.78 Å². The normalized spacial score (nSPS) is 28.5. The Morgan fingerprint density at radius 2 is 2.50 bits per heavy atom. The highest BCUT2D eigenvalue weighted by Gasteiger charge is 2.22. The number of hydrogen-bond donors (Lipinski definition) is 1. The van der Waals surface area contributed by atoms with Crippen molar-refractivity contribution in [3.05, 3.63) is 0 Å². The van der Waals surface area contributed by atoms with Crippen molar-refractivity contribution in [2.45, 2.75) is 25.3 Å². The molecule has 1 aliphatic carbocycles. The van der Waals surface area contributed by atoms with Gasteiger partial charge in [0, 0.05) is 6.42 Å². The molecule has 0 heterocycles. The maximum atomic E-state index is 10.6. The van der Waals surface area contributed by atoms with E-state index >= 15 is 0 Å². The summed E-state index contributed by atoms with van der Waals surface area (Å²) < 4.78 is 0. The summed E-state index contributed by atoms with van der Waals surface area (Å²) in [6.45, 7) is 0. The van der Waals surface area contributed by atoms with E-state index in [-0.39, 0.29) is 11.8 Å². The summed E-state index contributed by atoms with van der Waals surface area (Å²) in [5, 5.41) is 3.17. The fourth-order valence-corrected chi connectivity index (χ4v) is 0.934. The van der Waals surface area contributed by atoms with Gasteiger partial charge in [-0.2, -0.15) is 5.11 Å². The van der Waals surface area contributed by atoms with Crippen LogP contribution in [0.15, 0.2) is 5.11 Å². The molecule has 8 heavy (non-hydrogen) atoms. The minimum atomic E-state index is -0.282. The van der Waals surface area contributed by atoms with E-state index in [0.29, 0.717) is 6.42 Å². The number of rotatable bonds is 1. The fraction of sp³-hybridized carbons (Fsp3) is 0.800. The minimum absolute atomic E-state index is 0.139. The zero-order chi connectivity index (χ0) is 5.98. The number of carbonyl (C=O) groups excluding carboxylic acids is 1. The van der Waals surface area contributed by atoms with E-state index in [4.69, 9.17) is 5.53 Å². The second kappa shape index (κ2) is 2.03. The summed E-state index contributed by atoms with van der Waals surface area (Å²) in [5.41, 5.74) is 6.53. The van der Waals surface area contributed by atoms with Crippen LogP contribution in [-0.4, -0.2) is 11.8 Å². The molecule has 1 atom stereocenters. The zero-order valence-corrected chi connectivity index (χ0v) is 4.55. The van der Waals surface area contributed by atoms with Crippen molar-refractivity contribution in [2.24, 2.45) is 5.11 Å². The van der Waals surface area contributed by atoms with Crippen LogP contribution >= 0.6 is 0 Å². The van der Waals surface area contributed by atoms with E-state index in [9.17, 15) is 4.79 Å². The molecule has 0 saturated heterocycles. The van der Waals surface area contributed by atoms with Gasteiger partial charge < -0.3 is 0 Å². The molecule has 0 aliphatic heterocycles. The third-order valence-electron chi connectivity index (χ3n) is 1.43. The second-order valence-corrected chi connectivity index (χ2v) is 2.00. The summed E-state index contributed by atoms with van der Waals surface area (Å²) in [6.07, 6.45) is 2.35. The van der Waals surface area contributed by atoms with Crippen LogP contribution in [0.1, 0.15) is 19.3 Å². The van der Waals surface area contributed by atoms with Gasteiger partial charge in [0.05, 0.1) is 0 Å². The van der Waals surface area contributed by atoms with E-state index in [2.05, 4.69) is 5.11 Å². The number of hydrogen-bond acceptors (Lipinski definition) is 3. The average molecular weight is 112 g/mol. The lowest BCUT2D eigenvalue weighted by Gasteiger charge is -1.92. The Balaban J connectivity index is 2.54. The first-order valence-electron chi connectivity index (χ1n) is 2.74. The van der Waals surface area contributed by atoms with E-state index < -0.39 is 0 Å². The van der Waals surface area contributed by atoms with Crippen LogP contribution in [0.25, 0.3) is 0 Å². The lowest BCUT2D eigenvalue weighted by atomic mass is 10.3. The first-order chi connectivity index (χ1) is 3.84. The van der Waals surface area contributed by atoms with Crippen LogP contribution in [-0.2, 0) is 4.79 Å². The molecule has 1 rings (SSSR count). The molecule has 0 aromatic heterocycles. The molecule has 0 spiro atoms. The van der Waals surface area contributed by atoms with Crippen molar-refractivity contribution in [3.8, 4) is 0 Å². The van der Waals surface area contributed by atoms with E-state index in [0.717, 1.165) is 12.8 Å². The largest absolute Gasteiger partial charge is 0.297 e. The van der Waals surface area contributed by atoms with E-state index in [1.807, 2.05) is 0 Å². The summed E-state index contributed by atoms with van der Waals surface area (Å²) in [5.74, 6) is 0.139. The van der Waals surface area contributed by atoms with Gasteiger partial charge in [-0.05, 0) is 12.8 Å². The SMILES string of the molecule is N=NC1CCCC1=O. The van der Waals surface area contributed by atoms with Gasteiger partial charge in [-0.25, -0.2) is 5.53 Å². The van der Waals surface area contributed by atoms with Crippen LogP contribution in [0.5, 0.6) is 0 Å². The van der Waals surface area contributed by atoms with Crippen LogP contribution in [0.3, 0.4) is 0 Å². The third-order valence-corrected chi connectivity index (χ3v) is 1.43. The van der Waals surface area contributed by atoms with Crippen molar-refractivity contribution in [3.63, 3.8) is 0 Å². The lowest BCUT2D eigenvalue weighted by molar-refractivity contribution is -0.118. The average Bonchev–Trinajstić information content (AvgIpc) is 2.14. The molecule has 3 heteroatoms. The quantitative estimate of drug-likeness (QED) is 0.508. The second-order valence-electron chi connectivity index (χ2n) is 2.00. The first-order valence-corrected chi connectivity index (χ1v) is 2.74. The molecule has 1 fully saturated rings. The van der Waals surface area contributed by atoms with Crippen LogP contribution in [0.4, 0.5) is 0 Å². The highest BCUT2D eigenvalue weighted by atomic mass is 16.1. The Morgan fingerprint density at radius 3 is 2.75 bits per heavy atom. The molecule has 44 valence electrons. The summed E-state index contributed by atoms with van der Waals surface area (Å²) in [7, 11) is 0. The Morgan fingerprint density at radius 1 is 1.75 bits per heavy atom. The summed E-state index contributed by atoms with van der Waals surface area (Å²) in [6, 6.07) is -0.282. The standard InChI is InChI=1S/C5H8N2O/c6-7-4-2-1-3-5(4)8/h4,6H,1-3H2. The first kappa shape index (κ1) is 5.41. The number of carbonyl (C=O) groups is 1. The van der Waals surface area contributed by atoms with Gasteiger partial charge in [0.1, 0.15) is 6.04 Å². The van der Waals surface area contributed by atoms with Gasteiger partial charge in [0.25, 0.3) is 0 Å². The van der Waals surface area contributed by atoms with Gasteiger partial charge >= 0.3 is 0 Å². The third kappa shape index (κ3) is 0.757. The van der Waals surface area contributed by atoms with Gasteiger partial charge in [-0.1, -0.05) is 0 Å². The van der Waals surface area contributed by atoms with Crippen molar-refractivity contribution in [1.82, 2.24) is 0 Å². The maximum Gasteiger partial charge on any atom is 0.159 e. The number of Topliss-reactive ketones (excluding diaryl/α,β-unsaturated/α-hetero) is 1. The lowest BCUT2D eigenvalue weighted by Crippen LogP contribution is -2.07. The van der Waals surface area contributed by atoms with Gasteiger partial charge in [0.2, 0.25) is 0 Å². The smallest absolute Gasteiger partial charge is 0.159 e. The molecule has 0 amide bonds.